The summed E-state index contributed by atoms with van der Waals surface area (Å²) in [6.45, 7) is 2.01. The molecule has 0 aliphatic carbocycles. The van der Waals surface area contributed by atoms with Crippen molar-refractivity contribution in [2.45, 2.75) is 6.92 Å². The van der Waals surface area contributed by atoms with E-state index in [9.17, 15) is 9.59 Å². The number of anilines is 2. The molecule has 0 saturated carbocycles. The highest BCUT2D eigenvalue weighted by molar-refractivity contribution is 6.02. The van der Waals surface area contributed by atoms with Crippen LogP contribution in [0.25, 0.3) is 10.9 Å². The van der Waals surface area contributed by atoms with Crippen LogP contribution < -0.4 is 15.0 Å². The number of nitrogens with zero attached hydrogens (tertiary/aromatic N) is 2. The minimum Gasteiger partial charge on any atom is -0.423 e. The van der Waals surface area contributed by atoms with Gasteiger partial charge in [0.2, 0.25) is 5.91 Å². The quantitative estimate of drug-likeness (QED) is 0.583. The van der Waals surface area contributed by atoms with Crippen LogP contribution in [0.5, 0.6) is 5.75 Å². The maximum Gasteiger partial charge on any atom is 0.331 e. The Morgan fingerprint density at radius 2 is 2.08 bits per heavy atom. The lowest BCUT2D eigenvalue weighted by molar-refractivity contribution is -0.133. The van der Waals surface area contributed by atoms with Gasteiger partial charge in [0.25, 0.3) is 0 Å². The molecule has 1 aromatic heterocycles. The fourth-order valence-corrected chi connectivity index (χ4v) is 3.07. The summed E-state index contributed by atoms with van der Waals surface area (Å²) in [5.74, 6) is -0.104. The van der Waals surface area contributed by atoms with Crippen molar-refractivity contribution in [3.8, 4) is 5.75 Å². The number of fused-ring (bicyclic) bond motifs is 2. The maximum atomic E-state index is 12.6. The van der Waals surface area contributed by atoms with Gasteiger partial charge in [0.15, 0.2) is 5.75 Å². The number of ether oxygens (including phenoxy) is 1. The fraction of sp³-hybridized carbons (Fsp3) is 0.150. The summed E-state index contributed by atoms with van der Waals surface area (Å²) in [5, 5.41) is 3.85. The third-order valence-corrected chi connectivity index (χ3v) is 4.24. The van der Waals surface area contributed by atoms with Gasteiger partial charge in [-0.05, 0) is 36.8 Å². The summed E-state index contributed by atoms with van der Waals surface area (Å²) in [6.07, 6.45) is 1.69. The number of rotatable bonds is 3. The molecule has 1 amide bonds. The van der Waals surface area contributed by atoms with Crippen LogP contribution in [-0.4, -0.2) is 29.9 Å². The van der Waals surface area contributed by atoms with E-state index in [2.05, 4.69) is 10.3 Å². The molecule has 1 aliphatic rings. The van der Waals surface area contributed by atoms with Crippen molar-refractivity contribution in [2.75, 3.05) is 23.3 Å². The fourth-order valence-electron chi connectivity index (χ4n) is 3.07. The minimum absolute atomic E-state index is 0.0390. The highest BCUT2D eigenvalue weighted by Gasteiger charge is 2.25. The second-order valence-corrected chi connectivity index (χ2v) is 6.23. The van der Waals surface area contributed by atoms with Crippen molar-refractivity contribution in [2.24, 2.45) is 0 Å². The van der Waals surface area contributed by atoms with Gasteiger partial charge < -0.3 is 15.0 Å². The third kappa shape index (κ3) is 3.09. The Bertz CT molecular complexity index is 1010. The van der Waals surface area contributed by atoms with Crippen molar-refractivity contribution in [3.05, 3.63) is 60.3 Å². The Morgan fingerprint density at radius 1 is 1.23 bits per heavy atom. The lowest BCUT2D eigenvalue weighted by atomic mass is 10.1. The highest BCUT2D eigenvalue weighted by Crippen LogP contribution is 2.32. The molecule has 1 N–H and O–H groups in total. The Morgan fingerprint density at radius 3 is 2.96 bits per heavy atom. The van der Waals surface area contributed by atoms with E-state index in [0.717, 1.165) is 22.2 Å². The normalized spacial score (nSPS) is 13.3. The second kappa shape index (κ2) is 6.48. The topological polar surface area (TPSA) is 71.5 Å². The minimum atomic E-state index is -0.372. The number of pyridine rings is 1. The number of carbonyl (C=O) groups is 2. The van der Waals surface area contributed by atoms with Gasteiger partial charge in [0.05, 0.1) is 23.4 Å². The smallest absolute Gasteiger partial charge is 0.331 e. The zero-order chi connectivity index (χ0) is 18.1. The molecule has 1 aliphatic heterocycles. The first-order valence-corrected chi connectivity index (χ1v) is 8.30. The lowest BCUT2D eigenvalue weighted by Gasteiger charge is -2.29. The third-order valence-electron chi connectivity index (χ3n) is 4.24. The van der Waals surface area contributed by atoms with Crippen LogP contribution in [0.1, 0.15) is 5.56 Å². The first-order chi connectivity index (χ1) is 12.6. The van der Waals surface area contributed by atoms with Crippen LogP contribution in [0, 0.1) is 6.92 Å². The van der Waals surface area contributed by atoms with Gasteiger partial charge in [-0.2, -0.15) is 0 Å². The molecule has 130 valence electrons. The van der Waals surface area contributed by atoms with E-state index in [1.807, 2.05) is 49.4 Å². The van der Waals surface area contributed by atoms with Gasteiger partial charge in [-0.3, -0.25) is 9.78 Å². The number of hydrogen-bond donors (Lipinski definition) is 1. The van der Waals surface area contributed by atoms with Gasteiger partial charge in [-0.25, -0.2) is 4.79 Å². The molecular formula is C20H17N3O3. The van der Waals surface area contributed by atoms with Crippen molar-refractivity contribution in [1.29, 1.82) is 0 Å². The Kier molecular flexibility index (Phi) is 4.01. The van der Waals surface area contributed by atoms with Crippen LogP contribution >= 0.6 is 0 Å². The zero-order valence-corrected chi connectivity index (χ0v) is 14.2. The van der Waals surface area contributed by atoms with Crippen molar-refractivity contribution in [3.63, 3.8) is 0 Å². The first kappa shape index (κ1) is 16.1. The Balaban J connectivity index is 1.56. The van der Waals surface area contributed by atoms with Crippen LogP contribution in [0.4, 0.5) is 11.4 Å². The van der Waals surface area contributed by atoms with Crippen LogP contribution in [-0.2, 0) is 9.59 Å². The van der Waals surface area contributed by atoms with E-state index in [-0.39, 0.29) is 25.0 Å². The number of nitrogens with one attached hydrogen (secondary N) is 1. The number of esters is 1. The van der Waals surface area contributed by atoms with Crippen molar-refractivity contribution >= 4 is 34.2 Å². The predicted molar refractivity (Wildman–Crippen MR) is 99.4 cm³/mol. The molecule has 0 spiro atoms. The van der Waals surface area contributed by atoms with Gasteiger partial charge in [-0.1, -0.05) is 24.3 Å². The molecule has 2 aromatic carbocycles. The Hall–Kier alpha value is -3.41. The molecule has 0 saturated heterocycles. The summed E-state index contributed by atoms with van der Waals surface area (Å²) in [5.41, 5.74) is 3.11. The van der Waals surface area contributed by atoms with Crippen molar-refractivity contribution in [1.82, 2.24) is 4.98 Å². The number of aromatic nitrogens is 1. The molecule has 4 rings (SSSR count). The number of benzene rings is 2. The zero-order valence-electron chi connectivity index (χ0n) is 14.2. The second-order valence-electron chi connectivity index (χ2n) is 6.23. The van der Waals surface area contributed by atoms with Crippen LogP contribution in [0.2, 0.25) is 0 Å². The highest BCUT2D eigenvalue weighted by atomic mass is 16.5. The van der Waals surface area contributed by atoms with E-state index >= 15 is 0 Å². The monoisotopic (exact) mass is 347 g/mol. The first-order valence-electron chi connectivity index (χ1n) is 8.30. The summed E-state index contributed by atoms with van der Waals surface area (Å²) in [6, 6.07) is 15.0. The van der Waals surface area contributed by atoms with Gasteiger partial charge in [-0.15, -0.1) is 0 Å². The number of para-hydroxylation sites is 1. The average Bonchev–Trinajstić information content (AvgIpc) is 2.61. The van der Waals surface area contributed by atoms with Gasteiger partial charge in [0, 0.05) is 11.6 Å². The number of aryl methyl sites for hydroxylation is 1. The van der Waals surface area contributed by atoms with E-state index in [1.165, 1.54) is 0 Å². The molecule has 0 atom stereocenters. The van der Waals surface area contributed by atoms with E-state index in [1.54, 1.807) is 17.2 Å². The van der Waals surface area contributed by atoms with E-state index in [4.69, 9.17) is 4.74 Å². The molecule has 26 heavy (non-hydrogen) atoms. The lowest BCUT2D eigenvalue weighted by Crippen LogP contribution is -2.41. The van der Waals surface area contributed by atoms with Crippen LogP contribution in [0.15, 0.2) is 54.7 Å². The molecule has 3 aromatic rings. The average molecular weight is 347 g/mol. The molecule has 6 heteroatoms. The number of hydrogen-bond acceptors (Lipinski definition) is 5. The number of carbonyl (C=O) groups excluding carboxylic acids is 2. The summed E-state index contributed by atoms with van der Waals surface area (Å²) in [4.78, 5) is 30.5. The molecule has 0 unspecified atom stereocenters. The maximum absolute atomic E-state index is 12.6. The molecule has 0 radical (unpaired) electrons. The summed E-state index contributed by atoms with van der Waals surface area (Å²) in [7, 11) is 0. The van der Waals surface area contributed by atoms with Crippen molar-refractivity contribution < 1.29 is 14.3 Å². The Labute approximate surface area is 150 Å². The molecule has 6 nitrogen and oxygen atoms in total. The van der Waals surface area contributed by atoms with E-state index in [0.29, 0.717) is 11.4 Å². The standard InChI is InChI=1S/C20H17N3O3/c1-13-7-8-16-17(10-13)26-19(25)12-23(16)11-18(24)22-15-6-2-4-14-5-3-9-21-20(14)15/h2-10H,11-12H2,1H3,(H,22,24). The van der Waals surface area contributed by atoms with Crippen LogP contribution in [0.3, 0.4) is 0 Å². The molecule has 0 fully saturated rings. The van der Waals surface area contributed by atoms with Gasteiger partial charge >= 0.3 is 5.97 Å². The molecule has 2 heterocycles. The molecule has 0 bridgehead atoms. The predicted octanol–water partition coefficient (Wildman–Crippen LogP) is 2.91. The van der Waals surface area contributed by atoms with E-state index < -0.39 is 0 Å². The summed E-state index contributed by atoms with van der Waals surface area (Å²) >= 11 is 0. The SMILES string of the molecule is Cc1ccc2c(c1)OC(=O)CN2CC(=O)Nc1cccc2cccnc12. The molecular weight excluding hydrogens is 330 g/mol. The largest absolute Gasteiger partial charge is 0.423 e. The number of amides is 1. The summed E-state index contributed by atoms with van der Waals surface area (Å²) < 4.78 is 5.28. The van der Waals surface area contributed by atoms with Gasteiger partial charge in [0.1, 0.15) is 6.54 Å².